The first-order valence-electron chi connectivity index (χ1n) is 8.96. The molecule has 0 atom stereocenters. The number of hydrogen-bond donors (Lipinski definition) is 0. The quantitative estimate of drug-likeness (QED) is 0.804. The maximum absolute atomic E-state index is 12.8. The number of thioether (sulfide) groups is 1. The van der Waals surface area contributed by atoms with Gasteiger partial charge in [-0.05, 0) is 36.4 Å². The number of piperazine rings is 1. The zero-order chi connectivity index (χ0) is 17.9. The van der Waals surface area contributed by atoms with Crippen molar-refractivity contribution in [1.82, 2.24) is 4.90 Å². The van der Waals surface area contributed by atoms with E-state index in [1.807, 2.05) is 47.0 Å². The third-order valence-corrected chi connectivity index (χ3v) is 6.27. The second-order valence-electron chi connectivity index (χ2n) is 6.58. The van der Waals surface area contributed by atoms with Gasteiger partial charge in [0.25, 0.3) is 0 Å². The SMILES string of the molecule is O=C(CN1CCSc2ccccc21)N1CCN(c2ccc(Cl)cc2)CC1. The van der Waals surface area contributed by atoms with Crippen LogP contribution in [0.4, 0.5) is 11.4 Å². The normalized spacial score (nSPS) is 17.2. The van der Waals surface area contributed by atoms with Gasteiger partial charge in [-0.15, -0.1) is 11.8 Å². The topological polar surface area (TPSA) is 26.8 Å². The van der Waals surface area contributed by atoms with Gasteiger partial charge in [0.1, 0.15) is 0 Å². The highest BCUT2D eigenvalue weighted by atomic mass is 35.5. The van der Waals surface area contributed by atoms with Gasteiger partial charge >= 0.3 is 0 Å². The monoisotopic (exact) mass is 387 g/mol. The van der Waals surface area contributed by atoms with E-state index >= 15 is 0 Å². The third kappa shape index (κ3) is 3.79. The molecule has 0 radical (unpaired) electrons. The first-order chi connectivity index (χ1) is 12.7. The minimum Gasteiger partial charge on any atom is -0.368 e. The van der Waals surface area contributed by atoms with Crippen LogP contribution in [0.3, 0.4) is 0 Å². The first kappa shape index (κ1) is 17.6. The van der Waals surface area contributed by atoms with Crippen molar-refractivity contribution in [2.45, 2.75) is 4.90 Å². The Morgan fingerprint density at radius 1 is 0.962 bits per heavy atom. The van der Waals surface area contributed by atoms with Gasteiger partial charge in [0.05, 0.1) is 12.2 Å². The van der Waals surface area contributed by atoms with E-state index in [9.17, 15) is 4.79 Å². The number of hydrogen-bond acceptors (Lipinski definition) is 4. The molecule has 2 aliphatic heterocycles. The van der Waals surface area contributed by atoms with Crippen molar-refractivity contribution in [2.24, 2.45) is 0 Å². The maximum Gasteiger partial charge on any atom is 0.242 e. The molecule has 1 fully saturated rings. The first-order valence-corrected chi connectivity index (χ1v) is 10.3. The van der Waals surface area contributed by atoms with Crippen LogP contribution in [-0.2, 0) is 4.79 Å². The van der Waals surface area contributed by atoms with E-state index in [1.165, 1.54) is 16.3 Å². The number of amides is 1. The molecule has 0 N–H and O–H groups in total. The molecule has 4 nitrogen and oxygen atoms in total. The van der Waals surface area contributed by atoms with E-state index in [1.54, 1.807) is 0 Å². The molecule has 2 aliphatic rings. The van der Waals surface area contributed by atoms with Gasteiger partial charge < -0.3 is 14.7 Å². The highest BCUT2D eigenvalue weighted by Crippen LogP contribution is 2.34. The van der Waals surface area contributed by atoms with Crippen LogP contribution in [-0.4, -0.2) is 55.8 Å². The summed E-state index contributed by atoms with van der Waals surface area (Å²) in [6.07, 6.45) is 0. The number of carbonyl (C=O) groups excluding carboxylic acids is 1. The van der Waals surface area contributed by atoms with Crippen LogP contribution in [0.15, 0.2) is 53.4 Å². The van der Waals surface area contributed by atoms with Crippen molar-refractivity contribution in [2.75, 3.05) is 54.8 Å². The fourth-order valence-corrected chi connectivity index (χ4v) is 4.70. The van der Waals surface area contributed by atoms with Gasteiger partial charge in [-0.1, -0.05) is 23.7 Å². The molecule has 136 valence electrons. The summed E-state index contributed by atoms with van der Waals surface area (Å²) in [5, 5.41) is 0.752. The van der Waals surface area contributed by atoms with Crippen molar-refractivity contribution in [3.05, 3.63) is 53.6 Å². The number of nitrogens with zero attached hydrogens (tertiary/aromatic N) is 3. The van der Waals surface area contributed by atoms with Crippen molar-refractivity contribution in [3.8, 4) is 0 Å². The molecular formula is C20H22ClN3OS. The van der Waals surface area contributed by atoms with Crippen molar-refractivity contribution in [1.29, 1.82) is 0 Å². The molecule has 1 amide bonds. The molecular weight excluding hydrogens is 366 g/mol. The summed E-state index contributed by atoms with van der Waals surface area (Å²) < 4.78 is 0. The Morgan fingerprint density at radius 2 is 1.69 bits per heavy atom. The van der Waals surface area contributed by atoms with Gasteiger partial charge in [-0.2, -0.15) is 0 Å². The van der Waals surface area contributed by atoms with Crippen LogP contribution in [0.2, 0.25) is 5.02 Å². The molecule has 6 heteroatoms. The summed E-state index contributed by atoms with van der Waals surface area (Å²) in [6, 6.07) is 16.3. The molecule has 0 unspecified atom stereocenters. The molecule has 2 aromatic rings. The Hall–Kier alpha value is -1.85. The summed E-state index contributed by atoms with van der Waals surface area (Å²) >= 11 is 7.84. The van der Waals surface area contributed by atoms with Gasteiger partial charge in [0, 0.05) is 54.1 Å². The van der Waals surface area contributed by atoms with E-state index < -0.39 is 0 Å². The fourth-order valence-electron chi connectivity index (χ4n) is 3.52. The fraction of sp³-hybridized carbons (Fsp3) is 0.350. The molecule has 2 aromatic carbocycles. The van der Waals surface area contributed by atoms with E-state index in [2.05, 4.69) is 28.0 Å². The largest absolute Gasteiger partial charge is 0.368 e. The molecule has 2 heterocycles. The maximum atomic E-state index is 12.8. The summed E-state index contributed by atoms with van der Waals surface area (Å²) in [6.45, 7) is 4.66. The zero-order valence-corrected chi connectivity index (χ0v) is 16.2. The lowest BCUT2D eigenvalue weighted by Crippen LogP contribution is -2.51. The van der Waals surface area contributed by atoms with E-state index in [4.69, 9.17) is 11.6 Å². The average molecular weight is 388 g/mol. The van der Waals surface area contributed by atoms with E-state index in [0.717, 1.165) is 43.5 Å². The number of fused-ring (bicyclic) bond motifs is 1. The average Bonchev–Trinajstić information content (AvgIpc) is 2.69. The van der Waals surface area contributed by atoms with Gasteiger partial charge in [-0.25, -0.2) is 0 Å². The summed E-state index contributed by atoms with van der Waals surface area (Å²) in [5.74, 6) is 1.26. The van der Waals surface area contributed by atoms with E-state index in [0.29, 0.717) is 6.54 Å². The number of para-hydroxylation sites is 1. The van der Waals surface area contributed by atoms with Crippen LogP contribution in [0.25, 0.3) is 0 Å². The lowest BCUT2D eigenvalue weighted by molar-refractivity contribution is -0.130. The predicted molar refractivity (Wildman–Crippen MR) is 110 cm³/mol. The summed E-state index contributed by atoms with van der Waals surface area (Å²) in [7, 11) is 0. The smallest absolute Gasteiger partial charge is 0.242 e. The van der Waals surface area contributed by atoms with E-state index in [-0.39, 0.29) is 5.91 Å². The summed E-state index contributed by atoms with van der Waals surface area (Å²) in [5.41, 5.74) is 2.36. The Labute approximate surface area is 163 Å². The molecule has 1 saturated heterocycles. The Balaban J connectivity index is 1.35. The van der Waals surface area contributed by atoms with Gasteiger partial charge in [-0.3, -0.25) is 4.79 Å². The number of rotatable bonds is 3. The molecule has 0 bridgehead atoms. The van der Waals surface area contributed by atoms with Gasteiger partial charge in [0.2, 0.25) is 5.91 Å². The number of benzene rings is 2. The lowest BCUT2D eigenvalue weighted by Gasteiger charge is -2.38. The van der Waals surface area contributed by atoms with Crippen LogP contribution < -0.4 is 9.80 Å². The lowest BCUT2D eigenvalue weighted by atomic mass is 10.2. The predicted octanol–water partition coefficient (Wildman–Crippen LogP) is 3.60. The van der Waals surface area contributed by atoms with Crippen molar-refractivity contribution in [3.63, 3.8) is 0 Å². The molecule has 0 aliphatic carbocycles. The standard InChI is InChI=1S/C20H22ClN3OS/c21-16-5-7-17(8-6-16)22-9-11-23(12-10-22)20(25)15-24-13-14-26-19-4-2-1-3-18(19)24/h1-8H,9-15H2. The van der Waals surface area contributed by atoms with Crippen molar-refractivity contribution < 1.29 is 4.79 Å². The third-order valence-electron chi connectivity index (χ3n) is 4.97. The molecule has 0 spiro atoms. The Morgan fingerprint density at radius 3 is 2.46 bits per heavy atom. The highest BCUT2D eigenvalue weighted by molar-refractivity contribution is 7.99. The number of anilines is 2. The summed E-state index contributed by atoms with van der Waals surface area (Å²) in [4.78, 5) is 20.6. The van der Waals surface area contributed by atoms with Crippen LogP contribution in [0.5, 0.6) is 0 Å². The molecule has 26 heavy (non-hydrogen) atoms. The molecule has 4 rings (SSSR count). The highest BCUT2D eigenvalue weighted by Gasteiger charge is 2.25. The number of halogens is 1. The van der Waals surface area contributed by atoms with Crippen molar-refractivity contribution >= 4 is 40.6 Å². The molecule has 0 saturated carbocycles. The van der Waals surface area contributed by atoms with Crippen LogP contribution in [0.1, 0.15) is 0 Å². The number of carbonyl (C=O) groups is 1. The second-order valence-corrected chi connectivity index (χ2v) is 8.16. The Bertz CT molecular complexity index is 775. The second kappa shape index (κ2) is 7.80. The minimum atomic E-state index is 0.224. The van der Waals surface area contributed by atoms with Crippen LogP contribution in [0, 0.1) is 0 Å². The zero-order valence-electron chi connectivity index (χ0n) is 14.6. The van der Waals surface area contributed by atoms with Gasteiger partial charge in [0.15, 0.2) is 0 Å². The Kier molecular flexibility index (Phi) is 5.27. The van der Waals surface area contributed by atoms with Crippen LogP contribution >= 0.6 is 23.4 Å². The molecule has 0 aromatic heterocycles. The minimum absolute atomic E-state index is 0.224.